The van der Waals surface area contributed by atoms with Crippen LogP contribution in [0, 0.1) is 6.92 Å². The van der Waals surface area contributed by atoms with Crippen LogP contribution in [0.3, 0.4) is 0 Å². The Morgan fingerprint density at radius 3 is 2.39 bits per heavy atom. The van der Waals surface area contributed by atoms with Crippen molar-refractivity contribution in [1.82, 2.24) is 0 Å². The molecule has 4 heteroatoms. The molecule has 0 aliphatic carbocycles. The van der Waals surface area contributed by atoms with Crippen molar-refractivity contribution in [1.29, 1.82) is 0 Å². The Hall–Kier alpha value is -1.84. The third-order valence-electron chi connectivity index (χ3n) is 2.88. The Bertz CT molecular complexity index is 437. The van der Waals surface area contributed by atoms with Crippen LogP contribution in [0.4, 0.5) is 0 Å². The number of carbonyl (C=O) groups excluding carboxylic acids is 2. The minimum Gasteiger partial charge on any atom is -0.469 e. The van der Waals surface area contributed by atoms with Gasteiger partial charge in [-0.3, -0.25) is 9.59 Å². The van der Waals surface area contributed by atoms with Crippen molar-refractivity contribution in [2.75, 3.05) is 14.2 Å². The van der Waals surface area contributed by atoms with Gasteiger partial charge in [-0.05, 0) is 30.0 Å². The van der Waals surface area contributed by atoms with Crippen LogP contribution in [0.25, 0.3) is 0 Å². The van der Waals surface area contributed by atoms with E-state index in [2.05, 4.69) is 9.47 Å². The number of hydrogen-bond acceptors (Lipinski definition) is 4. The Balaban J connectivity index is 2.86. The topological polar surface area (TPSA) is 52.6 Å². The van der Waals surface area contributed by atoms with Gasteiger partial charge in [0.1, 0.15) is 0 Å². The van der Waals surface area contributed by atoms with Gasteiger partial charge in [0.05, 0.1) is 20.6 Å². The normalized spacial score (nSPS) is 9.94. The maximum Gasteiger partial charge on any atom is 0.309 e. The molecule has 0 N–H and O–H groups in total. The molecule has 0 aliphatic rings. The quantitative estimate of drug-likeness (QED) is 0.748. The molecule has 0 saturated heterocycles. The van der Waals surface area contributed by atoms with Crippen LogP contribution in [0.15, 0.2) is 18.2 Å². The first-order valence-electron chi connectivity index (χ1n) is 5.79. The molecular formula is C14H18O4. The first-order chi connectivity index (χ1) is 8.58. The molecule has 0 saturated carbocycles. The SMILES string of the molecule is COC(=O)CCc1cccc(C)c1CC(=O)OC. The van der Waals surface area contributed by atoms with Crippen molar-refractivity contribution in [3.8, 4) is 0 Å². The van der Waals surface area contributed by atoms with E-state index >= 15 is 0 Å². The number of carbonyl (C=O) groups is 2. The Morgan fingerprint density at radius 1 is 1.11 bits per heavy atom. The van der Waals surface area contributed by atoms with Crippen molar-refractivity contribution in [3.05, 3.63) is 34.9 Å². The lowest BCUT2D eigenvalue weighted by molar-refractivity contribution is -0.140. The van der Waals surface area contributed by atoms with Gasteiger partial charge in [0.15, 0.2) is 0 Å². The summed E-state index contributed by atoms with van der Waals surface area (Å²) >= 11 is 0. The second kappa shape index (κ2) is 6.79. The molecule has 1 aromatic carbocycles. The van der Waals surface area contributed by atoms with E-state index in [0.29, 0.717) is 12.8 Å². The highest BCUT2D eigenvalue weighted by atomic mass is 16.5. The standard InChI is InChI=1S/C14H18O4/c1-10-5-4-6-11(7-8-13(15)17-2)12(10)9-14(16)18-3/h4-6H,7-9H2,1-3H3. The van der Waals surface area contributed by atoms with Gasteiger partial charge in [0.2, 0.25) is 0 Å². The van der Waals surface area contributed by atoms with E-state index in [1.807, 2.05) is 25.1 Å². The van der Waals surface area contributed by atoms with E-state index in [1.54, 1.807) is 0 Å². The Labute approximate surface area is 107 Å². The lowest BCUT2D eigenvalue weighted by atomic mass is 9.96. The fraction of sp³-hybridized carbons (Fsp3) is 0.429. The van der Waals surface area contributed by atoms with Crippen molar-refractivity contribution < 1.29 is 19.1 Å². The van der Waals surface area contributed by atoms with Gasteiger partial charge in [0, 0.05) is 6.42 Å². The average Bonchev–Trinajstić information content (AvgIpc) is 2.38. The molecule has 0 unspecified atom stereocenters. The summed E-state index contributed by atoms with van der Waals surface area (Å²) < 4.78 is 9.29. The minimum absolute atomic E-state index is 0.236. The number of hydrogen-bond donors (Lipinski definition) is 0. The van der Waals surface area contributed by atoms with Gasteiger partial charge in [-0.25, -0.2) is 0 Å². The van der Waals surface area contributed by atoms with E-state index in [-0.39, 0.29) is 18.4 Å². The fourth-order valence-electron chi connectivity index (χ4n) is 1.81. The zero-order chi connectivity index (χ0) is 13.5. The van der Waals surface area contributed by atoms with E-state index in [0.717, 1.165) is 16.7 Å². The van der Waals surface area contributed by atoms with Crippen molar-refractivity contribution in [2.45, 2.75) is 26.2 Å². The average molecular weight is 250 g/mol. The minimum atomic E-state index is -0.274. The third-order valence-corrected chi connectivity index (χ3v) is 2.88. The summed E-state index contributed by atoms with van der Waals surface area (Å²) in [4.78, 5) is 22.5. The molecule has 0 amide bonds. The van der Waals surface area contributed by atoms with Gasteiger partial charge in [-0.15, -0.1) is 0 Å². The number of rotatable bonds is 5. The molecular weight excluding hydrogens is 232 g/mol. The van der Waals surface area contributed by atoms with Gasteiger partial charge in [-0.2, -0.15) is 0 Å². The first kappa shape index (κ1) is 14.2. The molecule has 0 bridgehead atoms. The predicted molar refractivity (Wildman–Crippen MR) is 67.2 cm³/mol. The Morgan fingerprint density at radius 2 is 1.78 bits per heavy atom. The van der Waals surface area contributed by atoms with Crippen LogP contribution in [0.5, 0.6) is 0 Å². The van der Waals surface area contributed by atoms with E-state index in [9.17, 15) is 9.59 Å². The number of esters is 2. The second-order valence-corrected chi connectivity index (χ2v) is 4.04. The van der Waals surface area contributed by atoms with Crippen LogP contribution >= 0.6 is 0 Å². The van der Waals surface area contributed by atoms with Crippen molar-refractivity contribution in [3.63, 3.8) is 0 Å². The van der Waals surface area contributed by atoms with Crippen LogP contribution in [-0.4, -0.2) is 26.2 Å². The lowest BCUT2D eigenvalue weighted by Crippen LogP contribution is -2.10. The molecule has 18 heavy (non-hydrogen) atoms. The summed E-state index contributed by atoms with van der Waals surface area (Å²) in [6.07, 6.45) is 1.12. The first-order valence-corrected chi connectivity index (χ1v) is 5.79. The maximum absolute atomic E-state index is 11.4. The van der Waals surface area contributed by atoms with E-state index in [4.69, 9.17) is 0 Å². The number of methoxy groups -OCH3 is 2. The highest BCUT2D eigenvalue weighted by Gasteiger charge is 2.12. The number of aryl methyl sites for hydroxylation is 2. The summed E-state index contributed by atoms with van der Waals surface area (Å²) in [5.41, 5.74) is 2.96. The van der Waals surface area contributed by atoms with Gasteiger partial charge >= 0.3 is 11.9 Å². The number of benzene rings is 1. The fourth-order valence-corrected chi connectivity index (χ4v) is 1.81. The van der Waals surface area contributed by atoms with Crippen molar-refractivity contribution in [2.24, 2.45) is 0 Å². The Kier molecular flexibility index (Phi) is 5.36. The molecule has 0 atom stereocenters. The van der Waals surface area contributed by atoms with E-state index in [1.165, 1.54) is 14.2 Å². The van der Waals surface area contributed by atoms with Crippen LogP contribution < -0.4 is 0 Å². The largest absolute Gasteiger partial charge is 0.469 e. The highest BCUT2D eigenvalue weighted by Crippen LogP contribution is 2.17. The summed E-state index contributed by atoms with van der Waals surface area (Å²) in [5.74, 6) is -0.524. The van der Waals surface area contributed by atoms with E-state index < -0.39 is 0 Å². The lowest BCUT2D eigenvalue weighted by Gasteiger charge is -2.11. The van der Waals surface area contributed by atoms with Gasteiger partial charge in [-0.1, -0.05) is 18.2 Å². The van der Waals surface area contributed by atoms with Crippen LogP contribution in [-0.2, 0) is 31.9 Å². The predicted octanol–water partition coefficient (Wildman–Crippen LogP) is 1.82. The zero-order valence-corrected chi connectivity index (χ0v) is 11.0. The smallest absolute Gasteiger partial charge is 0.309 e. The molecule has 98 valence electrons. The zero-order valence-electron chi connectivity index (χ0n) is 11.0. The molecule has 0 spiro atoms. The molecule has 0 fully saturated rings. The molecule has 1 aromatic rings. The monoisotopic (exact) mass is 250 g/mol. The molecule has 0 heterocycles. The summed E-state index contributed by atoms with van der Waals surface area (Å²) in [6, 6.07) is 5.79. The second-order valence-electron chi connectivity index (χ2n) is 4.04. The summed E-state index contributed by atoms with van der Waals surface area (Å²) in [5, 5.41) is 0. The molecule has 0 aliphatic heterocycles. The summed E-state index contributed by atoms with van der Waals surface area (Å²) in [6.45, 7) is 1.94. The van der Waals surface area contributed by atoms with Crippen molar-refractivity contribution >= 4 is 11.9 Å². The van der Waals surface area contributed by atoms with Crippen LogP contribution in [0.1, 0.15) is 23.1 Å². The van der Waals surface area contributed by atoms with Gasteiger partial charge in [0.25, 0.3) is 0 Å². The molecule has 1 rings (SSSR count). The van der Waals surface area contributed by atoms with Crippen LogP contribution in [0.2, 0.25) is 0 Å². The molecule has 0 radical (unpaired) electrons. The summed E-state index contributed by atoms with van der Waals surface area (Å²) in [7, 11) is 2.74. The maximum atomic E-state index is 11.4. The molecule has 4 nitrogen and oxygen atoms in total. The number of ether oxygens (including phenoxy) is 2. The highest BCUT2D eigenvalue weighted by molar-refractivity contribution is 5.74. The molecule has 0 aromatic heterocycles. The third kappa shape index (κ3) is 3.87. The van der Waals surface area contributed by atoms with Gasteiger partial charge < -0.3 is 9.47 Å².